The van der Waals surface area contributed by atoms with Crippen LogP contribution in [0.25, 0.3) is 10.9 Å². The molecule has 3 heterocycles. The number of aryl methyl sites for hydroxylation is 1. The standard InChI is InChI=1S/C32H36N8O4/c1-39-27-11-6-5-10-24(27)29(38-39)32(44)40-18-7-12-28(41)35-16-15-33-23-13-14-34-25(21-23)31(43)37-26(30(42)36-17-19-40)20-22-8-3-2-4-9-22/h2-6,8-11,13-14,21,26,33H,7,12,15-20H2,1H3,(H,35,41)(H,36,42)(H,37,43)/t26-/m0/s1. The van der Waals surface area contributed by atoms with Crippen LogP contribution < -0.4 is 21.3 Å². The van der Waals surface area contributed by atoms with Gasteiger partial charge in [0.1, 0.15) is 11.7 Å². The molecular formula is C32H36N8O4. The van der Waals surface area contributed by atoms with Crippen LogP contribution in [0.1, 0.15) is 39.4 Å². The highest BCUT2D eigenvalue weighted by Crippen LogP contribution is 2.19. The Hall–Kier alpha value is -5.26. The van der Waals surface area contributed by atoms with E-state index in [2.05, 4.69) is 31.3 Å². The molecule has 4 amide bonds. The second kappa shape index (κ2) is 14.3. The van der Waals surface area contributed by atoms with E-state index >= 15 is 0 Å². The van der Waals surface area contributed by atoms with Crippen LogP contribution in [-0.2, 0) is 23.1 Å². The fourth-order valence-electron chi connectivity index (χ4n) is 5.16. The molecule has 2 aromatic heterocycles. The lowest BCUT2D eigenvalue weighted by molar-refractivity contribution is -0.123. The smallest absolute Gasteiger partial charge is 0.275 e. The molecule has 0 saturated carbocycles. The van der Waals surface area contributed by atoms with Gasteiger partial charge >= 0.3 is 0 Å². The van der Waals surface area contributed by atoms with Crippen LogP contribution in [0.5, 0.6) is 0 Å². The summed E-state index contributed by atoms with van der Waals surface area (Å²) in [6, 6.07) is 19.4. The van der Waals surface area contributed by atoms with Gasteiger partial charge in [-0.1, -0.05) is 48.5 Å². The summed E-state index contributed by atoms with van der Waals surface area (Å²) in [5, 5.41) is 17.0. The number of carbonyl (C=O) groups excluding carboxylic acids is 4. The van der Waals surface area contributed by atoms with E-state index in [1.807, 2.05) is 54.6 Å². The van der Waals surface area contributed by atoms with Crippen LogP contribution in [0.3, 0.4) is 0 Å². The first-order chi connectivity index (χ1) is 21.4. The molecule has 228 valence electrons. The Balaban J connectivity index is 1.37. The van der Waals surface area contributed by atoms with Gasteiger partial charge in [-0.25, -0.2) is 0 Å². The lowest BCUT2D eigenvalue weighted by Gasteiger charge is -2.23. The molecule has 0 fully saturated rings. The molecule has 4 aromatic rings. The predicted octanol–water partition coefficient (Wildman–Crippen LogP) is 1.89. The summed E-state index contributed by atoms with van der Waals surface area (Å²) in [6.45, 7) is 1.44. The molecule has 0 aliphatic carbocycles. The number of hydrogen-bond donors (Lipinski definition) is 4. The lowest BCUT2D eigenvalue weighted by atomic mass is 10.0. The molecule has 12 heteroatoms. The normalized spacial score (nSPS) is 17.3. The monoisotopic (exact) mass is 596 g/mol. The third-order valence-corrected chi connectivity index (χ3v) is 7.43. The van der Waals surface area contributed by atoms with Gasteiger partial charge in [-0.05, 0) is 30.2 Å². The Morgan fingerprint density at radius 1 is 0.909 bits per heavy atom. The second-order valence-electron chi connectivity index (χ2n) is 10.6. The zero-order valence-electron chi connectivity index (χ0n) is 24.6. The van der Waals surface area contributed by atoms with Gasteiger partial charge in [0.25, 0.3) is 11.8 Å². The number of amides is 4. The van der Waals surface area contributed by atoms with Gasteiger partial charge < -0.3 is 26.2 Å². The van der Waals surface area contributed by atoms with E-state index in [9.17, 15) is 19.2 Å². The van der Waals surface area contributed by atoms with Gasteiger partial charge in [-0.15, -0.1) is 0 Å². The molecule has 1 aliphatic rings. The van der Waals surface area contributed by atoms with Crippen molar-refractivity contribution in [1.29, 1.82) is 0 Å². The number of hydrogen-bond acceptors (Lipinski definition) is 7. The number of anilines is 1. The summed E-state index contributed by atoms with van der Waals surface area (Å²) in [6.07, 6.45) is 2.45. The molecule has 0 spiro atoms. The van der Waals surface area contributed by atoms with Crippen LogP contribution >= 0.6 is 0 Å². The van der Waals surface area contributed by atoms with Gasteiger partial charge in [0.15, 0.2) is 5.69 Å². The van der Waals surface area contributed by atoms with E-state index in [1.54, 1.807) is 28.8 Å². The molecule has 12 nitrogen and oxygen atoms in total. The van der Waals surface area contributed by atoms with E-state index in [1.165, 1.54) is 6.20 Å². The largest absolute Gasteiger partial charge is 0.383 e. The maximum atomic E-state index is 13.8. The highest BCUT2D eigenvalue weighted by atomic mass is 16.2. The molecule has 2 bridgehead atoms. The number of para-hydroxylation sites is 1. The number of carbonyl (C=O) groups is 4. The van der Waals surface area contributed by atoms with Crippen LogP contribution in [0.4, 0.5) is 5.69 Å². The minimum atomic E-state index is -0.879. The molecule has 0 radical (unpaired) electrons. The Morgan fingerprint density at radius 2 is 1.68 bits per heavy atom. The molecule has 4 N–H and O–H groups in total. The summed E-state index contributed by atoms with van der Waals surface area (Å²) in [5.74, 6) is -1.29. The van der Waals surface area contributed by atoms with Gasteiger partial charge in [0.2, 0.25) is 11.8 Å². The van der Waals surface area contributed by atoms with Crippen molar-refractivity contribution in [3.8, 4) is 0 Å². The van der Waals surface area contributed by atoms with Crippen LogP contribution in [0.15, 0.2) is 72.9 Å². The van der Waals surface area contributed by atoms with Crippen molar-refractivity contribution >= 4 is 40.2 Å². The van der Waals surface area contributed by atoms with Gasteiger partial charge in [0, 0.05) is 69.9 Å². The Kier molecular flexibility index (Phi) is 9.80. The minimum Gasteiger partial charge on any atom is -0.383 e. The van der Waals surface area contributed by atoms with Crippen molar-refractivity contribution < 1.29 is 19.2 Å². The summed E-state index contributed by atoms with van der Waals surface area (Å²) < 4.78 is 1.66. The summed E-state index contributed by atoms with van der Waals surface area (Å²) >= 11 is 0. The number of nitrogens with zero attached hydrogens (tertiary/aromatic N) is 4. The fourth-order valence-corrected chi connectivity index (χ4v) is 5.16. The Labute approximate surface area is 255 Å². The van der Waals surface area contributed by atoms with Crippen molar-refractivity contribution in [2.24, 2.45) is 7.05 Å². The molecule has 5 rings (SSSR count). The first kappa shape index (κ1) is 30.2. The fraction of sp³-hybridized carbons (Fsp3) is 0.312. The van der Waals surface area contributed by atoms with E-state index < -0.39 is 11.9 Å². The Bertz CT molecular complexity index is 1640. The van der Waals surface area contributed by atoms with Crippen molar-refractivity contribution in [2.45, 2.75) is 25.3 Å². The van der Waals surface area contributed by atoms with E-state index in [0.29, 0.717) is 37.4 Å². The zero-order valence-corrected chi connectivity index (χ0v) is 24.6. The van der Waals surface area contributed by atoms with Crippen molar-refractivity contribution in [2.75, 3.05) is 38.0 Å². The molecule has 0 unspecified atom stereocenters. The molecule has 0 saturated heterocycles. The van der Waals surface area contributed by atoms with Gasteiger partial charge in [-0.2, -0.15) is 5.10 Å². The molecule has 2 aromatic carbocycles. The molecular weight excluding hydrogens is 560 g/mol. The van der Waals surface area contributed by atoms with E-state index in [4.69, 9.17) is 0 Å². The summed E-state index contributed by atoms with van der Waals surface area (Å²) in [7, 11) is 1.78. The van der Waals surface area contributed by atoms with E-state index in [-0.39, 0.29) is 49.3 Å². The molecule has 1 atom stereocenters. The van der Waals surface area contributed by atoms with E-state index in [0.717, 1.165) is 16.5 Å². The zero-order chi connectivity index (χ0) is 30.9. The van der Waals surface area contributed by atoms with Crippen molar-refractivity contribution in [1.82, 2.24) is 35.6 Å². The second-order valence-corrected chi connectivity index (χ2v) is 10.6. The van der Waals surface area contributed by atoms with Gasteiger partial charge in [-0.3, -0.25) is 28.8 Å². The first-order valence-electron chi connectivity index (χ1n) is 14.7. The van der Waals surface area contributed by atoms with Crippen LogP contribution in [0, 0.1) is 0 Å². The maximum absolute atomic E-state index is 13.8. The average Bonchev–Trinajstić information content (AvgIpc) is 3.38. The van der Waals surface area contributed by atoms with Gasteiger partial charge in [0.05, 0.1) is 5.52 Å². The molecule has 44 heavy (non-hydrogen) atoms. The Morgan fingerprint density at radius 3 is 2.52 bits per heavy atom. The first-order valence-corrected chi connectivity index (χ1v) is 14.7. The third-order valence-electron chi connectivity index (χ3n) is 7.43. The highest BCUT2D eigenvalue weighted by molar-refractivity contribution is 6.05. The summed E-state index contributed by atoms with van der Waals surface area (Å²) in [4.78, 5) is 58.7. The number of aromatic nitrogens is 3. The van der Waals surface area contributed by atoms with Crippen LogP contribution in [-0.4, -0.2) is 82.1 Å². The topological polar surface area (TPSA) is 150 Å². The number of pyridine rings is 1. The SMILES string of the molecule is Cn1nc(C(=O)N2CCCC(=O)NCCNc3ccnc(c3)C(=O)N[C@@H](Cc3ccccc3)C(=O)NCC2)c2ccccc21. The average molecular weight is 597 g/mol. The minimum absolute atomic E-state index is 0.132. The number of benzene rings is 2. The third kappa shape index (κ3) is 7.57. The van der Waals surface area contributed by atoms with Crippen LogP contribution in [0.2, 0.25) is 0 Å². The highest BCUT2D eigenvalue weighted by Gasteiger charge is 2.25. The van der Waals surface area contributed by atoms with Crippen molar-refractivity contribution in [3.63, 3.8) is 0 Å². The number of nitrogens with one attached hydrogen (secondary N) is 4. The number of fused-ring (bicyclic) bond motifs is 3. The predicted molar refractivity (Wildman–Crippen MR) is 166 cm³/mol. The number of rotatable bonds is 3. The molecule has 1 aliphatic heterocycles. The quantitative estimate of drug-likeness (QED) is 0.282. The van der Waals surface area contributed by atoms with Crippen molar-refractivity contribution in [3.05, 3.63) is 89.9 Å². The maximum Gasteiger partial charge on any atom is 0.275 e. The summed E-state index contributed by atoms with van der Waals surface area (Å²) in [5.41, 5.74) is 2.84. The lowest BCUT2D eigenvalue weighted by Crippen LogP contribution is -2.50.